The van der Waals surface area contributed by atoms with Crippen molar-refractivity contribution in [3.8, 4) is 23.5 Å². The smallest absolute Gasteiger partial charge is 0.285 e. The predicted octanol–water partition coefficient (Wildman–Crippen LogP) is 2.51. The molecule has 1 unspecified atom stereocenters. The molecule has 3 aromatic rings. The molecule has 0 radical (unpaired) electrons. The molecule has 0 spiro atoms. The van der Waals surface area contributed by atoms with E-state index in [-0.39, 0.29) is 10.9 Å². The number of hydrogen-bond donors (Lipinski definition) is 1. The van der Waals surface area contributed by atoms with Gasteiger partial charge in [0, 0.05) is 5.56 Å². The van der Waals surface area contributed by atoms with Gasteiger partial charge in [-0.1, -0.05) is 48.0 Å². The van der Waals surface area contributed by atoms with Gasteiger partial charge in [0.15, 0.2) is 10.8 Å². The zero-order chi connectivity index (χ0) is 15.7. The molecule has 1 N–H and O–H groups in total. The van der Waals surface area contributed by atoms with Crippen molar-refractivity contribution in [2.24, 2.45) is 0 Å². The van der Waals surface area contributed by atoms with Gasteiger partial charge in [-0.15, -0.1) is 6.42 Å². The van der Waals surface area contributed by atoms with Crippen LogP contribution < -0.4 is 5.69 Å². The van der Waals surface area contributed by atoms with Crippen molar-refractivity contribution in [2.45, 2.75) is 24.3 Å². The molecule has 0 aliphatic heterocycles. The summed E-state index contributed by atoms with van der Waals surface area (Å²) in [6, 6.07) is 9.79. The van der Waals surface area contributed by atoms with Crippen molar-refractivity contribution in [3.63, 3.8) is 0 Å². The van der Waals surface area contributed by atoms with Crippen LogP contribution in [0.3, 0.4) is 0 Å². The minimum absolute atomic E-state index is 0.0743. The highest BCUT2D eigenvalue weighted by Gasteiger charge is 2.16. The van der Waals surface area contributed by atoms with Crippen molar-refractivity contribution < 1.29 is 0 Å². The van der Waals surface area contributed by atoms with Gasteiger partial charge in [-0.3, -0.25) is 4.98 Å². The summed E-state index contributed by atoms with van der Waals surface area (Å²) in [6.45, 7) is 3.75. The number of H-pyrrole nitrogens is 1. The van der Waals surface area contributed by atoms with E-state index in [1.165, 1.54) is 16.3 Å². The molecule has 0 aliphatic rings. The van der Waals surface area contributed by atoms with Crippen LogP contribution in [0.25, 0.3) is 16.8 Å². The molecule has 110 valence electrons. The largest absolute Gasteiger partial charge is 0.350 e. The maximum absolute atomic E-state index is 12.2. The average molecular weight is 310 g/mol. The first-order valence-corrected chi connectivity index (χ1v) is 7.66. The van der Waals surface area contributed by atoms with Gasteiger partial charge in [-0.2, -0.15) is 9.61 Å². The lowest BCUT2D eigenvalue weighted by Crippen LogP contribution is -2.19. The van der Waals surface area contributed by atoms with Crippen molar-refractivity contribution >= 4 is 17.4 Å². The van der Waals surface area contributed by atoms with Crippen LogP contribution in [0.2, 0.25) is 0 Å². The van der Waals surface area contributed by atoms with Crippen LogP contribution in [-0.2, 0) is 0 Å². The van der Waals surface area contributed by atoms with Crippen molar-refractivity contribution in [2.75, 3.05) is 0 Å². The molecule has 2 aromatic heterocycles. The molecule has 5 nitrogen and oxygen atoms in total. The minimum Gasteiger partial charge on any atom is -0.285 e. The van der Waals surface area contributed by atoms with Gasteiger partial charge < -0.3 is 0 Å². The lowest BCUT2D eigenvalue weighted by atomic mass is 10.1. The van der Waals surface area contributed by atoms with E-state index in [1.807, 2.05) is 44.2 Å². The van der Waals surface area contributed by atoms with Crippen LogP contribution in [0.5, 0.6) is 0 Å². The third-order valence-electron chi connectivity index (χ3n) is 3.24. The number of terminal acetylenes is 1. The molecule has 2 heterocycles. The molecule has 0 aliphatic carbocycles. The molecule has 1 aromatic carbocycles. The normalized spacial score (nSPS) is 12.2. The first-order chi connectivity index (χ1) is 10.6. The van der Waals surface area contributed by atoms with E-state index in [4.69, 9.17) is 6.42 Å². The molecular formula is C16H14N4OS. The number of rotatable bonds is 3. The van der Waals surface area contributed by atoms with Crippen LogP contribution in [0.1, 0.15) is 12.6 Å². The second-order valence-corrected chi connectivity index (χ2v) is 6.17. The summed E-state index contributed by atoms with van der Waals surface area (Å²) in [5.74, 6) is 2.61. The minimum atomic E-state index is -0.318. The van der Waals surface area contributed by atoms with E-state index < -0.39 is 0 Å². The molecule has 6 heteroatoms. The number of aromatic amines is 1. The highest BCUT2D eigenvalue weighted by Crippen LogP contribution is 2.27. The Bertz CT molecular complexity index is 921. The van der Waals surface area contributed by atoms with Gasteiger partial charge in [0.25, 0.3) is 0 Å². The van der Waals surface area contributed by atoms with Crippen LogP contribution >= 0.6 is 11.8 Å². The lowest BCUT2D eigenvalue weighted by Gasteiger charge is -2.04. The highest BCUT2D eigenvalue weighted by molar-refractivity contribution is 8.00. The van der Waals surface area contributed by atoms with E-state index in [2.05, 4.69) is 21.0 Å². The maximum Gasteiger partial charge on any atom is 0.350 e. The van der Waals surface area contributed by atoms with E-state index in [0.717, 1.165) is 16.8 Å². The van der Waals surface area contributed by atoms with Crippen LogP contribution in [0.15, 0.2) is 40.3 Å². The lowest BCUT2D eigenvalue weighted by molar-refractivity contribution is 0.779. The van der Waals surface area contributed by atoms with E-state index in [0.29, 0.717) is 10.8 Å². The Kier molecular flexibility index (Phi) is 3.73. The van der Waals surface area contributed by atoms with E-state index >= 15 is 0 Å². The van der Waals surface area contributed by atoms with E-state index in [9.17, 15) is 4.79 Å². The summed E-state index contributed by atoms with van der Waals surface area (Å²) >= 11 is 1.34. The van der Waals surface area contributed by atoms with Crippen molar-refractivity contribution in [1.82, 2.24) is 19.6 Å². The molecule has 0 saturated heterocycles. The summed E-state index contributed by atoms with van der Waals surface area (Å²) < 4.78 is 1.29. The second kappa shape index (κ2) is 5.70. The summed E-state index contributed by atoms with van der Waals surface area (Å²) in [6.07, 6.45) is 5.39. The van der Waals surface area contributed by atoms with Gasteiger partial charge in [0.1, 0.15) is 0 Å². The van der Waals surface area contributed by atoms with Gasteiger partial charge in [-0.05, 0) is 19.4 Å². The Morgan fingerprint density at radius 1 is 1.36 bits per heavy atom. The van der Waals surface area contributed by atoms with Crippen molar-refractivity contribution in [3.05, 3.63) is 46.5 Å². The topological polar surface area (TPSA) is 63.1 Å². The molecule has 22 heavy (non-hydrogen) atoms. The van der Waals surface area contributed by atoms with Crippen LogP contribution in [0.4, 0.5) is 0 Å². The number of aromatic nitrogens is 4. The number of hydrogen-bond acceptors (Lipinski definition) is 4. The first-order valence-electron chi connectivity index (χ1n) is 6.78. The standard InChI is InChI=1S/C16H14N4OS/c1-4-10(2)22-15-17-14-13(12-8-6-5-7-9-12)11(3)19-20(14)16(21)18-15/h1,5-10H,2-3H3,(H,17,18,21). The number of nitrogens with zero attached hydrogens (tertiary/aromatic N) is 3. The molecule has 0 amide bonds. The molecule has 1 atom stereocenters. The fourth-order valence-corrected chi connectivity index (χ4v) is 2.92. The third-order valence-corrected chi connectivity index (χ3v) is 4.14. The summed E-state index contributed by atoms with van der Waals surface area (Å²) in [7, 11) is 0. The maximum atomic E-state index is 12.2. The van der Waals surface area contributed by atoms with Gasteiger partial charge >= 0.3 is 5.69 Å². The second-order valence-electron chi connectivity index (χ2n) is 4.84. The van der Waals surface area contributed by atoms with Crippen LogP contribution in [0, 0.1) is 19.3 Å². The Hall–Kier alpha value is -2.52. The fourth-order valence-electron chi connectivity index (χ4n) is 2.23. The highest BCUT2D eigenvalue weighted by atomic mass is 32.2. The third kappa shape index (κ3) is 2.51. The molecule has 0 bridgehead atoms. The number of nitrogens with one attached hydrogen (secondary N) is 1. The Balaban J connectivity index is 2.23. The predicted molar refractivity (Wildman–Crippen MR) is 87.9 cm³/mol. The van der Waals surface area contributed by atoms with E-state index in [1.54, 1.807) is 0 Å². The number of thioether (sulfide) groups is 1. The average Bonchev–Trinajstić information content (AvgIpc) is 2.85. The summed E-state index contributed by atoms with van der Waals surface area (Å²) in [5.41, 5.74) is 2.83. The van der Waals surface area contributed by atoms with Crippen molar-refractivity contribution in [1.29, 1.82) is 0 Å². The Morgan fingerprint density at radius 3 is 2.77 bits per heavy atom. The summed E-state index contributed by atoms with van der Waals surface area (Å²) in [5, 5.41) is 4.72. The number of fused-ring (bicyclic) bond motifs is 1. The molecular weight excluding hydrogens is 296 g/mol. The Morgan fingerprint density at radius 2 is 2.09 bits per heavy atom. The van der Waals surface area contributed by atoms with Gasteiger partial charge in [0.05, 0.1) is 10.9 Å². The van der Waals surface area contributed by atoms with Gasteiger partial charge in [-0.25, -0.2) is 9.78 Å². The molecule has 0 saturated carbocycles. The quantitative estimate of drug-likeness (QED) is 0.596. The van der Waals surface area contributed by atoms with Crippen LogP contribution in [-0.4, -0.2) is 24.8 Å². The fraction of sp³-hybridized carbons (Fsp3) is 0.188. The molecule has 0 fully saturated rings. The zero-order valence-corrected chi connectivity index (χ0v) is 13.0. The monoisotopic (exact) mass is 310 g/mol. The SMILES string of the molecule is C#CC(C)Sc1nc2c(-c3ccccc3)c(C)nn2c(=O)[nH]1. The zero-order valence-electron chi connectivity index (χ0n) is 12.2. The number of aryl methyl sites for hydroxylation is 1. The molecule has 3 rings (SSSR count). The summed E-state index contributed by atoms with van der Waals surface area (Å²) in [4.78, 5) is 19.4. The van der Waals surface area contributed by atoms with Gasteiger partial charge in [0.2, 0.25) is 0 Å². The number of benzene rings is 1. The Labute approximate surface area is 131 Å². The first kappa shape index (κ1) is 14.4.